The molecule has 4 rings (SSSR count). The molecule has 3 heterocycles. The Morgan fingerprint density at radius 1 is 1.26 bits per heavy atom. The van der Waals surface area contributed by atoms with E-state index in [2.05, 4.69) is 10.3 Å². The molecule has 0 aliphatic carbocycles. The van der Waals surface area contributed by atoms with E-state index in [0.717, 1.165) is 22.7 Å². The second kappa shape index (κ2) is 5.31. The monoisotopic (exact) mass is 309 g/mol. The number of aryl methyl sites for hydroxylation is 1. The van der Waals surface area contributed by atoms with E-state index >= 15 is 0 Å². The molecule has 0 saturated heterocycles. The number of carbonyl (C=O) groups excluding carboxylic acids is 1. The Balaban J connectivity index is 1.52. The number of hydrogen-bond acceptors (Lipinski definition) is 4. The third-order valence-electron chi connectivity index (χ3n) is 3.87. The summed E-state index contributed by atoms with van der Waals surface area (Å²) >= 11 is 0. The molecule has 0 saturated carbocycles. The first kappa shape index (κ1) is 13.6. The van der Waals surface area contributed by atoms with Crippen molar-refractivity contribution in [2.24, 2.45) is 0 Å². The van der Waals surface area contributed by atoms with Crippen LogP contribution in [0.5, 0.6) is 11.5 Å². The summed E-state index contributed by atoms with van der Waals surface area (Å²) in [5.41, 5.74) is 2.97. The number of benzene rings is 1. The summed E-state index contributed by atoms with van der Waals surface area (Å²) in [5.74, 6) is 1.25. The average molecular weight is 309 g/mol. The number of fused-ring (bicyclic) bond motifs is 2. The molecule has 1 N–H and O–H groups in total. The van der Waals surface area contributed by atoms with E-state index in [1.54, 1.807) is 0 Å². The van der Waals surface area contributed by atoms with Gasteiger partial charge in [0.05, 0.1) is 5.69 Å². The van der Waals surface area contributed by atoms with Crippen molar-refractivity contribution in [1.29, 1.82) is 0 Å². The van der Waals surface area contributed by atoms with Crippen LogP contribution in [0.2, 0.25) is 0 Å². The van der Waals surface area contributed by atoms with Gasteiger partial charge in [-0.05, 0) is 36.8 Å². The molecule has 1 amide bonds. The Labute approximate surface area is 132 Å². The molecule has 0 radical (unpaired) electrons. The van der Waals surface area contributed by atoms with Crippen molar-refractivity contribution in [3.8, 4) is 11.5 Å². The van der Waals surface area contributed by atoms with Crippen LogP contribution in [0.1, 0.15) is 21.7 Å². The normalized spacial score (nSPS) is 12.6. The number of carbonyl (C=O) groups is 1. The van der Waals surface area contributed by atoms with Crippen molar-refractivity contribution in [2.45, 2.75) is 13.5 Å². The van der Waals surface area contributed by atoms with Gasteiger partial charge in [0.25, 0.3) is 5.91 Å². The Kier molecular flexibility index (Phi) is 3.15. The first-order valence-electron chi connectivity index (χ1n) is 7.33. The number of nitrogens with zero attached hydrogens (tertiary/aromatic N) is 2. The van der Waals surface area contributed by atoms with Crippen LogP contribution in [-0.4, -0.2) is 22.1 Å². The molecule has 0 spiro atoms. The maximum atomic E-state index is 12.4. The minimum Gasteiger partial charge on any atom is -0.454 e. The van der Waals surface area contributed by atoms with Gasteiger partial charge in [0, 0.05) is 12.7 Å². The van der Waals surface area contributed by atoms with Gasteiger partial charge in [-0.3, -0.25) is 4.79 Å². The average Bonchev–Trinajstić information content (AvgIpc) is 3.17. The number of hydrogen-bond donors (Lipinski definition) is 1. The minimum atomic E-state index is -0.191. The Morgan fingerprint density at radius 2 is 2.13 bits per heavy atom. The molecule has 1 aliphatic heterocycles. The molecule has 2 aromatic heterocycles. The molecule has 1 aliphatic rings. The number of ether oxygens (including phenoxy) is 2. The van der Waals surface area contributed by atoms with Crippen molar-refractivity contribution in [1.82, 2.24) is 14.7 Å². The van der Waals surface area contributed by atoms with Gasteiger partial charge in [-0.1, -0.05) is 12.1 Å². The number of pyridine rings is 1. The van der Waals surface area contributed by atoms with Crippen LogP contribution in [0.25, 0.3) is 5.65 Å². The lowest BCUT2D eigenvalue weighted by Gasteiger charge is -2.05. The van der Waals surface area contributed by atoms with Crippen LogP contribution < -0.4 is 14.8 Å². The van der Waals surface area contributed by atoms with Crippen molar-refractivity contribution in [3.05, 3.63) is 59.5 Å². The molecule has 0 fully saturated rings. The highest BCUT2D eigenvalue weighted by Gasteiger charge is 2.16. The molecular formula is C17H15N3O3. The Bertz CT molecular complexity index is 901. The Morgan fingerprint density at radius 3 is 3.00 bits per heavy atom. The van der Waals surface area contributed by atoms with Crippen LogP contribution in [0.3, 0.4) is 0 Å². The summed E-state index contributed by atoms with van der Waals surface area (Å²) < 4.78 is 12.5. The van der Waals surface area contributed by atoms with Crippen LogP contribution in [-0.2, 0) is 6.54 Å². The predicted molar refractivity (Wildman–Crippen MR) is 83.7 cm³/mol. The number of amides is 1. The molecule has 3 aromatic rings. The van der Waals surface area contributed by atoms with E-state index < -0.39 is 0 Å². The van der Waals surface area contributed by atoms with Crippen LogP contribution in [0, 0.1) is 6.92 Å². The molecule has 0 atom stereocenters. The van der Waals surface area contributed by atoms with E-state index in [-0.39, 0.29) is 12.7 Å². The maximum Gasteiger partial charge on any atom is 0.272 e. The fraction of sp³-hybridized carbons (Fsp3) is 0.176. The number of rotatable bonds is 3. The van der Waals surface area contributed by atoms with Gasteiger partial charge in [-0.2, -0.15) is 0 Å². The highest BCUT2D eigenvalue weighted by atomic mass is 16.7. The van der Waals surface area contributed by atoms with Gasteiger partial charge in [-0.25, -0.2) is 4.98 Å². The highest BCUT2D eigenvalue weighted by Crippen LogP contribution is 2.32. The van der Waals surface area contributed by atoms with Gasteiger partial charge in [-0.15, -0.1) is 0 Å². The lowest BCUT2D eigenvalue weighted by molar-refractivity contribution is 0.0945. The zero-order valence-electron chi connectivity index (χ0n) is 12.6. The molecule has 116 valence electrons. The summed E-state index contributed by atoms with van der Waals surface area (Å²) in [7, 11) is 0. The topological polar surface area (TPSA) is 64.9 Å². The lowest BCUT2D eigenvalue weighted by Crippen LogP contribution is -2.24. The molecule has 6 heteroatoms. The molecular weight excluding hydrogens is 294 g/mol. The van der Waals surface area contributed by atoms with Crippen molar-refractivity contribution < 1.29 is 14.3 Å². The molecule has 0 bridgehead atoms. The smallest absolute Gasteiger partial charge is 0.272 e. The number of aromatic nitrogens is 2. The zero-order chi connectivity index (χ0) is 15.8. The maximum absolute atomic E-state index is 12.4. The predicted octanol–water partition coefficient (Wildman–Crippen LogP) is 2.30. The van der Waals surface area contributed by atoms with Gasteiger partial charge >= 0.3 is 0 Å². The third-order valence-corrected chi connectivity index (χ3v) is 3.87. The largest absolute Gasteiger partial charge is 0.454 e. The molecule has 0 unspecified atom stereocenters. The fourth-order valence-corrected chi connectivity index (χ4v) is 2.65. The first-order valence-corrected chi connectivity index (χ1v) is 7.33. The summed E-state index contributed by atoms with van der Waals surface area (Å²) in [6.45, 7) is 2.53. The lowest BCUT2D eigenvalue weighted by atomic mass is 10.2. The second-order valence-electron chi connectivity index (χ2n) is 5.34. The van der Waals surface area contributed by atoms with Gasteiger partial charge in [0.15, 0.2) is 11.5 Å². The van der Waals surface area contributed by atoms with Gasteiger partial charge in [0.2, 0.25) is 6.79 Å². The third kappa shape index (κ3) is 2.38. The number of nitrogens with one attached hydrogen (secondary N) is 1. The van der Waals surface area contributed by atoms with Crippen molar-refractivity contribution in [3.63, 3.8) is 0 Å². The first-order chi connectivity index (χ1) is 11.2. The van der Waals surface area contributed by atoms with Crippen LogP contribution in [0.15, 0.2) is 42.6 Å². The van der Waals surface area contributed by atoms with E-state index in [9.17, 15) is 4.79 Å². The molecule has 6 nitrogen and oxygen atoms in total. The molecule has 23 heavy (non-hydrogen) atoms. The number of imidazole rings is 1. The minimum absolute atomic E-state index is 0.191. The highest BCUT2D eigenvalue weighted by molar-refractivity contribution is 5.94. The van der Waals surface area contributed by atoms with Gasteiger partial charge < -0.3 is 19.2 Å². The second-order valence-corrected chi connectivity index (χ2v) is 5.34. The fourth-order valence-electron chi connectivity index (χ4n) is 2.65. The van der Waals surface area contributed by atoms with E-state index in [1.807, 2.05) is 53.9 Å². The van der Waals surface area contributed by atoms with Crippen molar-refractivity contribution in [2.75, 3.05) is 6.79 Å². The van der Waals surface area contributed by atoms with Crippen LogP contribution >= 0.6 is 0 Å². The standard InChI is InChI=1S/C17H15N3O3/c1-11-16(19-15-4-2-3-7-20(11)15)17(21)18-9-12-5-6-13-14(8-12)23-10-22-13/h2-8H,9-10H2,1H3,(H,18,21). The summed E-state index contributed by atoms with van der Waals surface area (Å²) in [6.07, 6.45) is 1.90. The van der Waals surface area contributed by atoms with Gasteiger partial charge in [0.1, 0.15) is 11.3 Å². The summed E-state index contributed by atoms with van der Waals surface area (Å²) in [5, 5.41) is 2.90. The van der Waals surface area contributed by atoms with Crippen LogP contribution in [0.4, 0.5) is 0 Å². The SMILES string of the molecule is Cc1c(C(=O)NCc2ccc3c(c2)OCO3)nc2ccccn12. The zero-order valence-corrected chi connectivity index (χ0v) is 12.6. The van der Waals surface area contributed by atoms with E-state index in [0.29, 0.717) is 18.0 Å². The van der Waals surface area contributed by atoms with E-state index in [4.69, 9.17) is 9.47 Å². The molecule has 1 aromatic carbocycles. The summed E-state index contributed by atoms with van der Waals surface area (Å²) in [4.78, 5) is 16.8. The van der Waals surface area contributed by atoms with E-state index in [1.165, 1.54) is 0 Å². The van der Waals surface area contributed by atoms with Crippen molar-refractivity contribution >= 4 is 11.6 Å². The Hall–Kier alpha value is -3.02. The quantitative estimate of drug-likeness (QED) is 0.806. The summed E-state index contributed by atoms with van der Waals surface area (Å²) in [6, 6.07) is 11.3.